The fourth-order valence-electron chi connectivity index (χ4n) is 2.23. The van der Waals surface area contributed by atoms with Crippen LogP contribution in [0.25, 0.3) is 17.6 Å². The number of ketones is 1. The fourth-order valence-corrected chi connectivity index (χ4v) is 2.23. The maximum atomic E-state index is 11.9. The number of aromatic nitrogens is 3. The first kappa shape index (κ1) is 18.6. The zero-order valence-corrected chi connectivity index (χ0v) is 15.3. The van der Waals surface area contributed by atoms with E-state index < -0.39 is 5.41 Å². The van der Waals surface area contributed by atoms with Crippen molar-refractivity contribution in [3.8, 4) is 11.4 Å². The number of rotatable bonds is 5. The van der Waals surface area contributed by atoms with Crippen LogP contribution in [0, 0.1) is 19.3 Å². The summed E-state index contributed by atoms with van der Waals surface area (Å²) in [5, 5.41) is 6.97. The van der Waals surface area contributed by atoms with Crippen LogP contribution in [0.15, 0.2) is 30.6 Å². The molecule has 1 aromatic carbocycles. The Hall–Kier alpha value is -2.76. The summed E-state index contributed by atoms with van der Waals surface area (Å²) in [5.41, 5.74) is 2.71. The highest BCUT2D eigenvalue weighted by Gasteiger charge is 2.20. The average molecular weight is 340 g/mol. The van der Waals surface area contributed by atoms with E-state index in [0.717, 1.165) is 16.7 Å². The third kappa shape index (κ3) is 5.38. The van der Waals surface area contributed by atoms with Crippen LogP contribution in [-0.2, 0) is 9.59 Å². The van der Waals surface area contributed by atoms with Gasteiger partial charge in [0.15, 0.2) is 11.6 Å². The number of benzene rings is 1. The summed E-state index contributed by atoms with van der Waals surface area (Å²) >= 11 is 0. The van der Waals surface area contributed by atoms with E-state index in [9.17, 15) is 9.59 Å². The van der Waals surface area contributed by atoms with Gasteiger partial charge in [-0.2, -0.15) is 0 Å². The Morgan fingerprint density at radius 2 is 1.80 bits per heavy atom. The third-order valence-electron chi connectivity index (χ3n) is 3.51. The second kappa shape index (κ2) is 7.42. The Kier molecular flexibility index (Phi) is 5.51. The Morgan fingerprint density at radius 3 is 2.40 bits per heavy atom. The minimum absolute atomic E-state index is 0.0365. The van der Waals surface area contributed by atoms with Crippen molar-refractivity contribution in [3.05, 3.63) is 41.7 Å². The lowest BCUT2D eigenvalue weighted by Crippen LogP contribution is -2.37. The van der Waals surface area contributed by atoms with E-state index in [1.165, 1.54) is 17.0 Å². The molecule has 0 saturated heterocycles. The molecule has 6 heteroatoms. The summed E-state index contributed by atoms with van der Waals surface area (Å²) in [6.45, 7) is 9.41. The number of nitrogens with zero attached hydrogens (tertiary/aromatic N) is 3. The van der Waals surface area contributed by atoms with Crippen LogP contribution >= 0.6 is 0 Å². The molecule has 0 aliphatic rings. The van der Waals surface area contributed by atoms with Crippen molar-refractivity contribution in [3.63, 3.8) is 0 Å². The van der Waals surface area contributed by atoms with Gasteiger partial charge >= 0.3 is 0 Å². The van der Waals surface area contributed by atoms with Gasteiger partial charge in [-0.15, -0.1) is 5.10 Å². The predicted octanol–water partition coefficient (Wildman–Crippen LogP) is 2.76. The van der Waals surface area contributed by atoms with Crippen molar-refractivity contribution >= 4 is 17.9 Å². The monoisotopic (exact) mass is 340 g/mol. The molecule has 1 amide bonds. The number of carbonyl (C=O) groups is 2. The zero-order valence-electron chi connectivity index (χ0n) is 15.3. The summed E-state index contributed by atoms with van der Waals surface area (Å²) in [5.74, 6) is 0.234. The molecule has 0 saturated carbocycles. The molecule has 2 aromatic rings. The average Bonchev–Trinajstić information content (AvgIpc) is 2.97. The first-order valence-corrected chi connectivity index (χ1v) is 8.14. The van der Waals surface area contributed by atoms with E-state index in [4.69, 9.17) is 0 Å². The zero-order chi connectivity index (χ0) is 18.6. The largest absolute Gasteiger partial charge is 0.348 e. The van der Waals surface area contributed by atoms with Crippen LogP contribution in [0.4, 0.5) is 0 Å². The fraction of sp³-hybridized carbons (Fsp3) is 0.368. The van der Waals surface area contributed by atoms with E-state index in [0.29, 0.717) is 5.82 Å². The number of aryl methyl sites for hydroxylation is 2. The van der Waals surface area contributed by atoms with Gasteiger partial charge in [0, 0.05) is 23.3 Å². The van der Waals surface area contributed by atoms with Crippen molar-refractivity contribution in [1.82, 2.24) is 20.1 Å². The van der Waals surface area contributed by atoms with Gasteiger partial charge in [-0.3, -0.25) is 9.59 Å². The summed E-state index contributed by atoms with van der Waals surface area (Å²) in [4.78, 5) is 27.9. The van der Waals surface area contributed by atoms with E-state index in [2.05, 4.69) is 21.5 Å². The van der Waals surface area contributed by atoms with Crippen LogP contribution in [-0.4, -0.2) is 33.0 Å². The quantitative estimate of drug-likeness (QED) is 0.849. The molecule has 0 aliphatic heterocycles. The topological polar surface area (TPSA) is 76.9 Å². The molecular formula is C19H24N4O2. The molecule has 0 aliphatic carbocycles. The highest BCUT2D eigenvalue weighted by molar-refractivity contribution is 5.96. The minimum atomic E-state index is -0.517. The summed E-state index contributed by atoms with van der Waals surface area (Å²) in [6.07, 6.45) is 4.46. The number of hydrogen-bond acceptors (Lipinski definition) is 4. The molecule has 25 heavy (non-hydrogen) atoms. The molecule has 0 atom stereocenters. The van der Waals surface area contributed by atoms with E-state index in [-0.39, 0.29) is 18.2 Å². The molecule has 0 unspecified atom stereocenters. The maximum Gasteiger partial charge on any atom is 0.225 e. The molecule has 0 spiro atoms. The summed E-state index contributed by atoms with van der Waals surface area (Å²) in [6, 6.07) is 6.12. The molecule has 1 heterocycles. The molecule has 0 fully saturated rings. The molecule has 0 bridgehead atoms. The van der Waals surface area contributed by atoms with Crippen LogP contribution in [0.5, 0.6) is 0 Å². The SMILES string of the molecule is Cc1cc(C)cc(-c2ncn(/C=C\C(=O)CNC(=O)C(C)(C)C)n2)c1. The highest BCUT2D eigenvalue weighted by Crippen LogP contribution is 2.18. The van der Waals surface area contributed by atoms with E-state index in [1.54, 1.807) is 27.1 Å². The van der Waals surface area contributed by atoms with Gasteiger partial charge in [-0.05, 0) is 26.0 Å². The molecule has 1 N–H and O–H groups in total. The van der Waals surface area contributed by atoms with Crippen LogP contribution < -0.4 is 5.32 Å². The second-order valence-corrected chi connectivity index (χ2v) is 7.14. The Balaban J connectivity index is 1.99. The van der Waals surface area contributed by atoms with Gasteiger partial charge < -0.3 is 5.32 Å². The van der Waals surface area contributed by atoms with Crippen molar-refractivity contribution < 1.29 is 9.59 Å². The molecule has 2 rings (SSSR count). The van der Waals surface area contributed by atoms with Crippen LogP contribution in [0.1, 0.15) is 31.9 Å². The number of nitrogens with one attached hydrogen (secondary N) is 1. The highest BCUT2D eigenvalue weighted by atomic mass is 16.2. The van der Waals surface area contributed by atoms with E-state index >= 15 is 0 Å². The molecule has 6 nitrogen and oxygen atoms in total. The van der Waals surface area contributed by atoms with Crippen LogP contribution in [0.2, 0.25) is 0 Å². The minimum Gasteiger partial charge on any atom is -0.348 e. The lowest BCUT2D eigenvalue weighted by atomic mass is 9.96. The van der Waals surface area contributed by atoms with Gasteiger partial charge in [0.1, 0.15) is 6.33 Å². The molecule has 1 aromatic heterocycles. The first-order valence-electron chi connectivity index (χ1n) is 8.14. The normalized spacial score (nSPS) is 11.7. The van der Waals surface area contributed by atoms with Gasteiger partial charge in [0.25, 0.3) is 0 Å². The standard InChI is InChI=1S/C19H24N4O2/c1-13-8-14(2)10-15(9-13)17-21-12-23(22-17)7-6-16(24)11-20-18(25)19(3,4)5/h6-10,12H,11H2,1-5H3,(H,20,25)/b7-6-. The van der Waals surface area contributed by atoms with Gasteiger partial charge in [-0.1, -0.05) is 38.0 Å². The molecular weight excluding hydrogens is 316 g/mol. The van der Waals surface area contributed by atoms with Crippen molar-refractivity contribution in [2.45, 2.75) is 34.6 Å². The second-order valence-electron chi connectivity index (χ2n) is 7.14. The first-order chi connectivity index (χ1) is 11.6. The molecule has 132 valence electrons. The van der Waals surface area contributed by atoms with Crippen molar-refractivity contribution in [1.29, 1.82) is 0 Å². The van der Waals surface area contributed by atoms with Gasteiger partial charge in [-0.25, -0.2) is 9.67 Å². The number of carbonyl (C=O) groups excluding carboxylic acids is 2. The molecule has 0 radical (unpaired) electrons. The van der Waals surface area contributed by atoms with Crippen molar-refractivity contribution in [2.75, 3.05) is 6.54 Å². The smallest absolute Gasteiger partial charge is 0.225 e. The Bertz CT molecular complexity index is 793. The van der Waals surface area contributed by atoms with E-state index in [1.807, 2.05) is 26.0 Å². The summed E-state index contributed by atoms with van der Waals surface area (Å²) in [7, 11) is 0. The van der Waals surface area contributed by atoms with Crippen LogP contribution in [0.3, 0.4) is 0 Å². The van der Waals surface area contributed by atoms with Crippen molar-refractivity contribution in [2.24, 2.45) is 5.41 Å². The number of hydrogen-bond donors (Lipinski definition) is 1. The van der Waals surface area contributed by atoms with Gasteiger partial charge in [0.2, 0.25) is 5.91 Å². The number of amides is 1. The summed E-state index contributed by atoms with van der Waals surface area (Å²) < 4.78 is 1.48. The lowest BCUT2D eigenvalue weighted by molar-refractivity contribution is -0.130. The lowest BCUT2D eigenvalue weighted by Gasteiger charge is -2.16. The Labute approximate surface area is 148 Å². The van der Waals surface area contributed by atoms with Gasteiger partial charge in [0.05, 0.1) is 6.54 Å². The predicted molar refractivity (Wildman–Crippen MR) is 97.7 cm³/mol. The third-order valence-corrected chi connectivity index (χ3v) is 3.51. The Morgan fingerprint density at radius 1 is 1.16 bits per heavy atom. The maximum absolute atomic E-state index is 11.9.